The van der Waals surface area contributed by atoms with Crippen molar-refractivity contribution in [3.63, 3.8) is 0 Å². The van der Waals surface area contributed by atoms with Gasteiger partial charge in [-0.2, -0.15) is 5.10 Å². The summed E-state index contributed by atoms with van der Waals surface area (Å²) in [4.78, 5) is 22.4. The molecule has 8 heteroatoms. The van der Waals surface area contributed by atoms with E-state index in [0.717, 1.165) is 5.56 Å². The van der Waals surface area contributed by atoms with Gasteiger partial charge in [0.25, 0.3) is 5.91 Å². The Kier molecular flexibility index (Phi) is 5.49. The van der Waals surface area contributed by atoms with Gasteiger partial charge in [0.15, 0.2) is 5.75 Å². The fourth-order valence-corrected chi connectivity index (χ4v) is 2.28. The van der Waals surface area contributed by atoms with Crippen LogP contribution in [0.1, 0.15) is 21.5 Å². The summed E-state index contributed by atoms with van der Waals surface area (Å²) >= 11 is 6.01. The van der Waals surface area contributed by atoms with Crippen molar-refractivity contribution in [3.8, 4) is 5.75 Å². The summed E-state index contributed by atoms with van der Waals surface area (Å²) in [6.07, 6.45) is 1.30. The van der Waals surface area contributed by atoms with Gasteiger partial charge in [0.2, 0.25) is 0 Å². The lowest BCUT2D eigenvalue weighted by atomic mass is 10.1. The monoisotopic (exact) mass is 347 g/mol. The molecule has 0 heterocycles. The lowest BCUT2D eigenvalue weighted by molar-refractivity contribution is -0.385. The number of methoxy groups -OCH3 is 1. The molecule has 0 aliphatic carbocycles. The summed E-state index contributed by atoms with van der Waals surface area (Å²) in [5, 5.41) is 15.1. The Morgan fingerprint density at radius 3 is 2.71 bits per heavy atom. The van der Waals surface area contributed by atoms with E-state index in [4.69, 9.17) is 16.3 Å². The smallest absolute Gasteiger partial charge is 0.311 e. The molecule has 2 aromatic rings. The van der Waals surface area contributed by atoms with Crippen LogP contribution in [0.5, 0.6) is 5.75 Å². The first kappa shape index (κ1) is 17.4. The number of hydrazone groups is 1. The maximum atomic E-state index is 12.0. The second-order valence-corrected chi connectivity index (χ2v) is 5.28. The predicted molar refractivity (Wildman–Crippen MR) is 90.9 cm³/mol. The quantitative estimate of drug-likeness (QED) is 0.510. The number of nitro groups is 1. The van der Waals surface area contributed by atoms with E-state index in [1.54, 1.807) is 24.3 Å². The standard InChI is InChI=1S/C16H14ClN3O4/c1-10-3-5-12(13(17)7-10)16(21)19-18-9-11-4-6-15(24-2)14(8-11)20(22)23/h3-9H,1-2H3,(H,19,21). The van der Waals surface area contributed by atoms with Crippen molar-refractivity contribution in [1.82, 2.24) is 5.43 Å². The van der Waals surface area contributed by atoms with Crippen LogP contribution < -0.4 is 10.2 Å². The summed E-state index contributed by atoms with van der Waals surface area (Å²) in [5.41, 5.74) is 3.81. The largest absolute Gasteiger partial charge is 0.490 e. The van der Waals surface area contributed by atoms with Gasteiger partial charge in [0.05, 0.1) is 28.8 Å². The minimum absolute atomic E-state index is 0.146. The number of carbonyl (C=O) groups excluding carboxylic acids is 1. The summed E-state index contributed by atoms with van der Waals surface area (Å²) in [7, 11) is 1.35. The van der Waals surface area contributed by atoms with Gasteiger partial charge in [-0.05, 0) is 36.8 Å². The number of nitrogens with zero attached hydrogens (tertiary/aromatic N) is 2. The molecule has 0 fully saturated rings. The highest BCUT2D eigenvalue weighted by Gasteiger charge is 2.14. The Morgan fingerprint density at radius 2 is 2.08 bits per heavy atom. The topological polar surface area (TPSA) is 93.8 Å². The second-order valence-electron chi connectivity index (χ2n) is 4.87. The molecule has 0 radical (unpaired) electrons. The summed E-state index contributed by atoms with van der Waals surface area (Å²) < 4.78 is 4.91. The van der Waals surface area contributed by atoms with Crippen LogP contribution in [0, 0.1) is 17.0 Å². The third kappa shape index (κ3) is 4.08. The fraction of sp³-hybridized carbons (Fsp3) is 0.125. The fourth-order valence-electron chi connectivity index (χ4n) is 1.96. The minimum atomic E-state index is -0.555. The van der Waals surface area contributed by atoms with Crippen molar-refractivity contribution in [1.29, 1.82) is 0 Å². The predicted octanol–water partition coefficient (Wildman–Crippen LogP) is 3.33. The molecule has 2 aromatic carbocycles. The highest BCUT2D eigenvalue weighted by molar-refractivity contribution is 6.33. The van der Waals surface area contributed by atoms with E-state index in [0.29, 0.717) is 16.1 Å². The molecule has 0 unspecified atom stereocenters. The van der Waals surface area contributed by atoms with E-state index < -0.39 is 10.8 Å². The van der Waals surface area contributed by atoms with Crippen LogP contribution >= 0.6 is 11.6 Å². The molecule has 24 heavy (non-hydrogen) atoms. The number of carbonyl (C=O) groups is 1. The average Bonchev–Trinajstić information content (AvgIpc) is 2.54. The van der Waals surface area contributed by atoms with Crippen molar-refractivity contribution in [2.75, 3.05) is 7.11 Å². The number of ether oxygens (including phenoxy) is 1. The van der Waals surface area contributed by atoms with Crippen LogP contribution in [0.25, 0.3) is 0 Å². The first-order valence-corrected chi connectivity index (χ1v) is 7.22. The van der Waals surface area contributed by atoms with Crippen LogP contribution in [-0.2, 0) is 0 Å². The zero-order valence-electron chi connectivity index (χ0n) is 12.9. The Labute approximate surface area is 143 Å². The number of benzene rings is 2. The third-order valence-electron chi connectivity index (χ3n) is 3.15. The number of aryl methyl sites for hydroxylation is 1. The van der Waals surface area contributed by atoms with Gasteiger partial charge in [-0.25, -0.2) is 5.43 Å². The molecule has 1 amide bonds. The van der Waals surface area contributed by atoms with Gasteiger partial charge in [-0.15, -0.1) is 0 Å². The van der Waals surface area contributed by atoms with Crippen molar-refractivity contribution < 1.29 is 14.5 Å². The van der Waals surface area contributed by atoms with Gasteiger partial charge in [0.1, 0.15) is 0 Å². The van der Waals surface area contributed by atoms with Crippen LogP contribution in [0.2, 0.25) is 5.02 Å². The van der Waals surface area contributed by atoms with Gasteiger partial charge < -0.3 is 4.74 Å². The Hall–Kier alpha value is -2.93. The van der Waals surface area contributed by atoms with Crippen LogP contribution in [0.15, 0.2) is 41.5 Å². The molecule has 124 valence electrons. The molecule has 1 N–H and O–H groups in total. The highest BCUT2D eigenvalue weighted by atomic mass is 35.5. The minimum Gasteiger partial charge on any atom is -0.490 e. The van der Waals surface area contributed by atoms with Gasteiger partial charge in [-0.3, -0.25) is 14.9 Å². The van der Waals surface area contributed by atoms with Crippen molar-refractivity contribution in [3.05, 3.63) is 68.2 Å². The van der Waals surface area contributed by atoms with Gasteiger partial charge >= 0.3 is 5.69 Å². The van der Waals surface area contributed by atoms with E-state index in [-0.39, 0.29) is 11.4 Å². The van der Waals surface area contributed by atoms with Crippen LogP contribution in [0.4, 0.5) is 5.69 Å². The maximum Gasteiger partial charge on any atom is 0.311 e. The lowest BCUT2D eigenvalue weighted by Gasteiger charge is -2.04. The van der Waals surface area contributed by atoms with Crippen molar-refractivity contribution >= 4 is 29.4 Å². The normalized spacial score (nSPS) is 10.6. The van der Waals surface area contributed by atoms with E-state index >= 15 is 0 Å². The molecule has 7 nitrogen and oxygen atoms in total. The molecule has 0 saturated carbocycles. The molecule has 0 bridgehead atoms. The Bertz CT molecular complexity index is 821. The van der Waals surface area contributed by atoms with Crippen LogP contribution in [0.3, 0.4) is 0 Å². The van der Waals surface area contributed by atoms with E-state index in [1.165, 1.54) is 25.5 Å². The number of rotatable bonds is 5. The first-order chi connectivity index (χ1) is 11.4. The Morgan fingerprint density at radius 1 is 1.33 bits per heavy atom. The summed E-state index contributed by atoms with van der Waals surface area (Å²) in [6.45, 7) is 1.86. The van der Waals surface area contributed by atoms with E-state index in [9.17, 15) is 14.9 Å². The lowest BCUT2D eigenvalue weighted by Crippen LogP contribution is -2.18. The molecular formula is C16H14ClN3O4. The number of hydrogen-bond donors (Lipinski definition) is 1. The van der Waals surface area contributed by atoms with Gasteiger partial charge in [0, 0.05) is 11.6 Å². The SMILES string of the molecule is COc1ccc(C=NNC(=O)c2ccc(C)cc2Cl)cc1[N+](=O)[O-]. The molecule has 0 saturated heterocycles. The molecule has 0 aliphatic rings. The number of nitro benzene ring substituents is 1. The molecular weight excluding hydrogens is 334 g/mol. The second kappa shape index (κ2) is 7.56. The number of hydrogen-bond acceptors (Lipinski definition) is 5. The van der Waals surface area contributed by atoms with E-state index in [1.807, 2.05) is 6.92 Å². The zero-order valence-corrected chi connectivity index (χ0v) is 13.7. The van der Waals surface area contributed by atoms with E-state index in [2.05, 4.69) is 10.5 Å². The summed E-state index contributed by atoms with van der Waals surface area (Å²) in [5.74, 6) is -0.327. The molecule has 0 spiro atoms. The molecule has 0 aromatic heterocycles. The average molecular weight is 348 g/mol. The number of nitrogens with one attached hydrogen (secondary N) is 1. The molecule has 2 rings (SSSR count). The van der Waals surface area contributed by atoms with Crippen LogP contribution in [-0.4, -0.2) is 24.2 Å². The Balaban J connectivity index is 2.12. The van der Waals surface area contributed by atoms with Gasteiger partial charge in [-0.1, -0.05) is 17.7 Å². The maximum absolute atomic E-state index is 12.0. The summed E-state index contributed by atoms with van der Waals surface area (Å²) in [6, 6.07) is 9.37. The number of halogens is 1. The third-order valence-corrected chi connectivity index (χ3v) is 3.46. The number of amides is 1. The van der Waals surface area contributed by atoms with Crippen molar-refractivity contribution in [2.24, 2.45) is 5.10 Å². The first-order valence-electron chi connectivity index (χ1n) is 6.84. The zero-order chi connectivity index (χ0) is 17.7. The molecule has 0 aliphatic heterocycles. The molecule has 0 atom stereocenters. The highest BCUT2D eigenvalue weighted by Crippen LogP contribution is 2.26. The van der Waals surface area contributed by atoms with Crippen molar-refractivity contribution in [2.45, 2.75) is 6.92 Å².